The van der Waals surface area contributed by atoms with Crippen LogP contribution in [0.3, 0.4) is 0 Å². The van der Waals surface area contributed by atoms with Gasteiger partial charge in [-0.2, -0.15) is 9.15 Å². The molecule has 0 saturated heterocycles. The highest BCUT2D eigenvalue weighted by Gasteiger charge is 2.51. The molecule has 0 bridgehead atoms. The Labute approximate surface area is 532 Å². The van der Waals surface area contributed by atoms with Gasteiger partial charge in [0.15, 0.2) is 11.4 Å². The van der Waals surface area contributed by atoms with Crippen molar-refractivity contribution in [2.75, 3.05) is 37.0 Å². The van der Waals surface area contributed by atoms with Crippen molar-refractivity contribution in [2.45, 2.75) is 88.9 Å². The topological polar surface area (TPSA) is 12.5 Å². The van der Waals surface area contributed by atoms with E-state index in [-0.39, 0.29) is 21.7 Å². The lowest BCUT2D eigenvalue weighted by Gasteiger charge is -2.30. The first kappa shape index (κ1) is 56.8. The summed E-state index contributed by atoms with van der Waals surface area (Å²) in [6.45, 7) is 16.3. The Hall–Kier alpha value is -9.64. The number of rotatable bonds is 14. The predicted molar refractivity (Wildman–Crippen MR) is 382 cm³/mol. The van der Waals surface area contributed by atoms with Crippen LogP contribution in [-0.4, -0.2) is 47.8 Å². The van der Waals surface area contributed by atoms with E-state index < -0.39 is 0 Å². The molecule has 0 amide bonds. The molecule has 0 spiro atoms. The van der Waals surface area contributed by atoms with Crippen molar-refractivity contribution in [1.29, 1.82) is 0 Å². The summed E-state index contributed by atoms with van der Waals surface area (Å²) in [7, 11) is 4.56. The number of anilines is 2. The minimum Gasteiger partial charge on any atom is -0.344 e. The van der Waals surface area contributed by atoms with Gasteiger partial charge in [-0.25, -0.2) is 0 Å². The molecule has 0 saturated carbocycles. The highest BCUT2D eigenvalue weighted by atomic mass is 15.2. The molecule has 90 heavy (non-hydrogen) atoms. The fraction of sp³-hybridized carbons (Fsp3) is 0.209. The number of fused-ring (bicyclic) bond motifs is 12. The van der Waals surface area contributed by atoms with Crippen molar-refractivity contribution in [2.24, 2.45) is 0 Å². The van der Waals surface area contributed by atoms with Gasteiger partial charge < -0.3 is 9.80 Å². The maximum absolute atomic E-state index is 2.57. The van der Waals surface area contributed by atoms with Gasteiger partial charge in [-0.05, 0) is 180 Å². The fourth-order valence-electron chi connectivity index (χ4n) is 17.3. The predicted octanol–water partition coefficient (Wildman–Crippen LogP) is 19.7. The zero-order valence-corrected chi connectivity index (χ0v) is 53.4. The number of nitrogens with zero attached hydrogens (tertiary/aromatic N) is 4. The van der Waals surface area contributed by atoms with Crippen molar-refractivity contribution in [1.82, 2.24) is 0 Å². The molecular weight excluding hydrogens is 1090 g/mol. The monoisotopic (exact) mass is 1170 g/mol. The van der Waals surface area contributed by atoms with Crippen LogP contribution in [0.5, 0.6) is 0 Å². The summed E-state index contributed by atoms with van der Waals surface area (Å²) in [5, 5.41) is 10.4. The standard InChI is InChI=1S/C86H80N4/c1-9-89-73-53-49-65-33-19-23-37-69(65)81(73)85(5,55-59-27-13-11-14-28-59)77(89)41-25-39-75-83(3,79-67-35-21-17-31-63(67)47-51-71(79)87(75)7)57-61-43-45-62(46-44-61)58-84(4)76(88(8)72-52-48-64-32-18-22-36-68(64)80(72)84)40-26-42-78-86(6,56-60-29-15-12-16-30-60)82-70-38-24-20-34-66(70)50-54-74(82)90(78)10-2/h11-54H,9-10,55-58H2,1-8H3/q+2. The molecule has 4 heteroatoms. The van der Waals surface area contributed by atoms with Crippen LogP contribution in [0.1, 0.15) is 86.1 Å². The molecule has 4 nitrogen and oxygen atoms in total. The van der Waals surface area contributed by atoms with Gasteiger partial charge in [0.25, 0.3) is 0 Å². The molecule has 4 atom stereocenters. The second-order valence-corrected chi connectivity index (χ2v) is 26.7. The summed E-state index contributed by atoms with van der Waals surface area (Å²) < 4.78 is 4.94. The van der Waals surface area contributed by atoms with Crippen LogP contribution in [0, 0.1) is 0 Å². The molecule has 0 aromatic heterocycles. The molecule has 11 aromatic rings. The lowest BCUT2D eigenvalue weighted by atomic mass is 9.71. The Morgan fingerprint density at radius 2 is 0.622 bits per heavy atom. The normalized spacial score (nSPS) is 22.0. The van der Waals surface area contributed by atoms with Crippen LogP contribution in [0.2, 0.25) is 0 Å². The molecule has 15 rings (SSSR count). The molecule has 0 aliphatic carbocycles. The van der Waals surface area contributed by atoms with Crippen molar-refractivity contribution in [3.05, 3.63) is 323 Å². The average Bonchev–Trinajstić information content (AvgIpc) is 1.64. The zero-order valence-electron chi connectivity index (χ0n) is 53.4. The summed E-state index contributed by atoms with van der Waals surface area (Å²) in [5.41, 5.74) is 20.2. The van der Waals surface area contributed by atoms with E-state index in [0.717, 1.165) is 38.8 Å². The fourth-order valence-corrected chi connectivity index (χ4v) is 17.3. The lowest BCUT2D eigenvalue weighted by molar-refractivity contribution is -0.401. The highest BCUT2D eigenvalue weighted by Crippen LogP contribution is 2.55. The van der Waals surface area contributed by atoms with Gasteiger partial charge in [0.05, 0.1) is 10.8 Å². The number of likely N-dealkylation sites (N-methyl/N-ethyl adjacent to an activating group) is 2. The highest BCUT2D eigenvalue weighted by molar-refractivity contribution is 6.10. The quantitative estimate of drug-likeness (QED) is 0.101. The first-order valence-electron chi connectivity index (χ1n) is 32.6. The minimum atomic E-state index is -0.343. The van der Waals surface area contributed by atoms with Gasteiger partial charge in [0.2, 0.25) is 11.4 Å². The lowest BCUT2D eigenvalue weighted by Crippen LogP contribution is -2.34. The summed E-state index contributed by atoms with van der Waals surface area (Å²) in [6, 6.07) is 86.4. The molecule has 0 fully saturated rings. The van der Waals surface area contributed by atoms with Crippen LogP contribution in [0.4, 0.5) is 22.7 Å². The van der Waals surface area contributed by atoms with Gasteiger partial charge in [0, 0.05) is 82.1 Å². The SMILES string of the molecule is CCN1/C(=C/C=C/C2=[N+](C)c3ccc4ccccc4c3C2(C)Cc2ccc(CC3(C)C(/C=C/C=C4/N(CC)c5ccc6ccccc6c5C4(C)Cc4ccccc4)=[N+](C)c4ccc5ccccc5c43)cc2)C(C)(Cc2ccccc2)c2c1ccc1ccccc21. The van der Waals surface area contributed by atoms with E-state index in [0.29, 0.717) is 0 Å². The van der Waals surface area contributed by atoms with E-state index in [2.05, 4.69) is 342 Å². The number of hydrogen-bond acceptors (Lipinski definition) is 2. The summed E-state index contributed by atoms with van der Waals surface area (Å²) >= 11 is 0. The molecule has 0 radical (unpaired) electrons. The minimum absolute atomic E-state index is 0.263. The van der Waals surface area contributed by atoms with Crippen LogP contribution in [-0.2, 0) is 47.3 Å². The van der Waals surface area contributed by atoms with Gasteiger partial charge in [-0.15, -0.1) is 0 Å². The molecule has 442 valence electrons. The van der Waals surface area contributed by atoms with E-state index in [1.165, 1.54) is 133 Å². The maximum Gasteiger partial charge on any atom is 0.210 e. The molecular formula is C86H80N4+2. The van der Waals surface area contributed by atoms with Gasteiger partial charge in [0.1, 0.15) is 14.1 Å². The molecule has 4 unspecified atom stereocenters. The summed E-state index contributed by atoms with van der Waals surface area (Å²) in [5.74, 6) is 0. The van der Waals surface area contributed by atoms with Crippen LogP contribution < -0.4 is 9.80 Å². The van der Waals surface area contributed by atoms with Crippen molar-refractivity contribution in [3.63, 3.8) is 0 Å². The van der Waals surface area contributed by atoms with E-state index in [9.17, 15) is 0 Å². The Morgan fingerprint density at radius 1 is 0.322 bits per heavy atom. The summed E-state index contributed by atoms with van der Waals surface area (Å²) in [6.07, 6.45) is 18.0. The molecule has 4 aliphatic rings. The number of benzene rings is 11. The molecule has 4 aliphatic heterocycles. The average molecular weight is 1170 g/mol. The molecule has 4 heterocycles. The van der Waals surface area contributed by atoms with Crippen molar-refractivity contribution >= 4 is 77.3 Å². The third-order valence-corrected chi connectivity index (χ3v) is 21.3. The zero-order chi connectivity index (χ0) is 61.5. The van der Waals surface area contributed by atoms with Gasteiger partial charge >= 0.3 is 0 Å². The van der Waals surface area contributed by atoms with Crippen LogP contribution in [0.25, 0.3) is 43.1 Å². The van der Waals surface area contributed by atoms with Crippen LogP contribution in [0.15, 0.2) is 278 Å². The van der Waals surface area contributed by atoms with Gasteiger partial charge in [-0.1, -0.05) is 206 Å². The Kier molecular flexibility index (Phi) is 14.0. The Balaban J connectivity index is 0.788. The second-order valence-electron chi connectivity index (χ2n) is 26.7. The largest absolute Gasteiger partial charge is 0.344 e. The third kappa shape index (κ3) is 8.99. The van der Waals surface area contributed by atoms with E-state index in [1.807, 2.05) is 0 Å². The first-order valence-corrected chi connectivity index (χ1v) is 32.6. The second kappa shape index (κ2) is 22.1. The number of hydrogen-bond donors (Lipinski definition) is 0. The van der Waals surface area contributed by atoms with Gasteiger partial charge in [-0.3, -0.25) is 0 Å². The van der Waals surface area contributed by atoms with Crippen molar-refractivity contribution in [3.8, 4) is 0 Å². The Bertz CT molecular complexity index is 4580. The summed E-state index contributed by atoms with van der Waals surface area (Å²) in [4.78, 5) is 5.14. The van der Waals surface area contributed by atoms with E-state index >= 15 is 0 Å². The smallest absolute Gasteiger partial charge is 0.210 e. The van der Waals surface area contributed by atoms with Crippen molar-refractivity contribution < 1.29 is 9.15 Å². The third-order valence-electron chi connectivity index (χ3n) is 21.3. The maximum atomic E-state index is 2.57. The first-order chi connectivity index (χ1) is 43.8. The Morgan fingerprint density at radius 3 is 0.978 bits per heavy atom. The number of allylic oxidation sites excluding steroid dienone is 8. The van der Waals surface area contributed by atoms with Crippen LogP contribution >= 0.6 is 0 Å². The van der Waals surface area contributed by atoms with E-state index in [1.54, 1.807) is 0 Å². The van der Waals surface area contributed by atoms with E-state index in [4.69, 9.17) is 0 Å². The molecule has 0 N–H and O–H groups in total. The molecule has 11 aromatic carbocycles.